The van der Waals surface area contributed by atoms with Gasteiger partial charge in [0.2, 0.25) is 0 Å². The van der Waals surface area contributed by atoms with Gasteiger partial charge in [-0.15, -0.1) is 0 Å². The zero-order chi connectivity index (χ0) is 11.1. The molecule has 0 radical (unpaired) electrons. The van der Waals surface area contributed by atoms with E-state index >= 15 is 0 Å². The largest absolute Gasteiger partial charge is 0.378 e. The number of anilines is 1. The van der Waals surface area contributed by atoms with Gasteiger partial charge in [-0.25, -0.2) is 14.4 Å². The highest BCUT2D eigenvalue weighted by atomic mass is 19.1. The Hall–Kier alpha value is -1.27. The van der Waals surface area contributed by atoms with Crippen molar-refractivity contribution in [1.82, 2.24) is 9.97 Å². The molecule has 1 aromatic rings. The van der Waals surface area contributed by atoms with Crippen LogP contribution in [0.1, 0.15) is 5.69 Å². The summed E-state index contributed by atoms with van der Waals surface area (Å²) in [6, 6.07) is 0. The third-order valence-electron chi connectivity index (χ3n) is 1.76. The van der Waals surface area contributed by atoms with Crippen LogP contribution in [0.5, 0.6) is 0 Å². The number of nitrogens with zero attached hydrogens (tertiary/aromatic N) is 2. The summed E-state index contributed by atoms with van der Waals surface area (Å²) in [6.45, 7) is 3.55. The summed E-state index contributed by atoms with van der Waals surface area (Å²) in [5.74, 6) is -0.213. The van der Waals surface area contributed by atoms with Crippen molar-refractivity contribution in [2.75, 3.05) is 31.6 Å². The Kier molecular flexibility index (Phi) is 4.92. The van der Waals surface area contributed by atoms with E-state index in [9.17, 15) is 4.39 Å². The SMILES string of the molecule is Cc1ncnc(NCCOCCN)c1F. The van der Waals surface area contributed by atoms with Gasteiger partial charge < -0.3 is 15.8 Å². The Balaban J connectivity index is 2.34. The third-order valence-corrected chi connectivity index (χ3v) is 1.76. The predicted molar refractivity (Wildman–Crippen MR) is 55.1 cm³/mol. The first-order chi connectivity index (χ1) is 7.25. The second-order valence-corrected chi connectivity index (χ2v) is 2.95. The molecule has 1 rings (SSSR count). The van der Waals surface area contributed by atoms with E-state index in [4.69, 9.17) is 10.5 Å². The van der Waals surface area contributed by atoms with Gasteiger partial charge in [-0.05, 0) is 6.92 Å². The number of hydrogen-bond donors (Lipinski definition) is 2. The van der Waals surface area contributed by atoms with E-state index in [-0.39, 0.29) is 5.82 Å². The van der Waals surface area contributed by atoms with Crippen LogP contribution in [0, 0.1) is 12.7 Å². The van der Waals surface area contributed by atoms with E-state index in [0.717, 1.165) is 0 Å². The summed E-state index contributed by atoms with van der Waals surface area (Å²) in [6.07, 6.45) is 1.32. The van der Waals surface area contributed by atoms with Gasteiger partial charge in [0, 0.05) is 13.1 Å². The van der Waals surface area contributed by atoms with Gasteiger partial charge in [0.05, 0.1) is 18.9 Å². The number of nitrogens with one attached hydrogen (secondary N) is 1. The molecular weight excluding hydrogens is 199 g/mol. The summed E-state index contributed by atoms with van der Waals surface area (Å²) >= 11 is 0. The van der Waals surface area contributed by atoms with Crippen LogP contribution in [0.25, 0.3) is 0 Å². The van der Waals surface area contributed by atoms with Crippen LogP contribution in [-0.2, 0) is 4.74 Å². The molecule has 0 amide bonds. The second-order valence-electron chi connectivity index (χ2n) is 2.95. The maximum atomic E-state index is 13.3. The lowest BCUT2D eigenvalue weighted by Crippen LogP contribution is -2.15. The Morgan fingerprint density at radius 2 is 2.27 bits per heavy atom. The molecule has 84 valence electrons. The first-order valence-electron chi connectivity index (χ1n) is 4.74. The molecule has 5 nitrogen and oxygen atoms in total. The summed E-state index contributed by atoms with van der Waals surface area (Å²) in [5.41, 5.74) is 5.57. The Labute approximate surface area is 87.9 Å². The van der Waals surface area contributed by atoms with Crippen molar-refractivity contribution in [3.05, 3.63) is 17.8 Å². The van der Waals surface area contributed by atoms with Gasteiger partial charge in [0.15, 0.2) is 11.6 Å². The van der Waals surface area contributed by atoms with E-state index in [1.165, 1.54) is 6.33 Å². The number of aryl methyl sites for hydroxylation is 1. The average molecular weight is 214 g/mol. The minimum atomic E-state index is -0.420. The fourth-order valence-corrected chi connectivity index (χ4v) is 1.01. The summed E-state index contributed by atoms with van der Waals surface area (Å²) < 4.78 is 18.4. The van der Waals surface area contributed by atoms with E-state index in [0.29, 0.717) is 32.0 Å². The summed E-state index contributed by atoms with van der Waals surface area (Å²) in [7, 11) is 0. The molecule has 6 heteroatoms. The Bertz CT molecular complexity index is 308. The molecule has 0 aliphatic heterocycles. The molecule has 0 aliphatic rings. The fraction of sp³-hybridized carbons (Fsp3) is 0.556. The molecule has 0 unspecified atom stereocenters. The fourth-order valence-electron chi connectivity index (χ4n) is 1.01. The highest BCUT2D eigenvalue weighted by Gasteiger charge is 2.05. The highest BCUT2D eigenvalue weighted by Crippen LogP contribution is 2.10. The van der Waals surface area contributed by atoms with Crippen LogP contribution in [0.15, 0.2) is 6.33 Å². The van der Waals surface area contributed by atoms with Gasteiger partial charge in [-0.1, -0.05) is 0 Å². The number of ether oxygens (including phenoxy) is 1. The topological polar surface area (TPSA) is 73.1 Å². The zero-order valence-electron chi connectivity index (χ0n) is 8.66. The maximum absolute atomic E-state index is 13.3. The van der Waals surface area contributed by atoms with Crippen molar-refractivity contribution in [3.8, 4) is 0 Å². The number of aromatic nitrogens is 2. The lowest BCUT2D eigenvalue weighted by molar-refractivity contribution is 0.151. The van der Waals surface area contributed by atoms with Crippen LogP contribution in [-0.4, -0.2) is 36.3 Å². The molecule has 0 fully saturated rings. The van der Waals surface area contributed by atoms with Crippen LogP contribution in [0.3, 0.4) is 0 Å². The predicted octanol–water partition coefficient (Wildman–Crippen LogP) is 0.311. The molecule has 15 heavy (non-hydrogen) atoms. The van der Waals surface area contributed by atoms with Crippen molar-refractivity contribution in [2.24, 2.45) is 5.73 Å². The van der Waals surface area contributed by atoms with Gasteiger partial charge >= 0.3 is 0 Å². The van der Waals surface area contributed by atoms with E-state index in [1.54, 1.807) is 6.92 Å². The normalized spacial score (nSPS) is 10.3. The molecule has 0 spiro atoms. The molecule has 0 saturated carbocycles. The van der Waals surface area contributed by atoms with Crippen molar-refractivity contribution in [3.63, 3.8) is 0 Å². The van der Waals surface area contributed by atoms with Crippen molar-refractivity contribution in [2.45, 2.75) is 6.92 Å². The van der Waals surface area contributed by atoms with E-state index in [1.807, 2.05) is 0 Å². The Morgan fingerprint density at radius 3 is 3.00 bits per heavy atom. The second kappa shape index (κ2) is 6.26. The standard InChI is InChI=1S/C9H15FN4O/c1-7-8(10)9(14-6-13-7)12-3-5-15-4-2-11/h6H,2-5,11H2,1H3,(H,12,13,14). The molecule has 0 bridgehead atoms. The lowest BCUT2D eigenvalue weighted by Gasteiger charge is -2.07. The molecular formula is C9H15FN4O. The monoisotopic (exact) mass is 214 g/mol. The van der Waals surface area contributed by atoms with Crippen LogP contribution >= 0.6 is 0 Å². The van der Waals surface area contributed by atoms with Gasteiger partial charge in [0.25, 0.3) is 0 Å². The number of hydrogen-bond acceptors (Lipinski definition) is 5. The summed E-state index contributed by atoms with van der Waals surface area (Å²) in [5, 5.41) is 2.82. The molecule has 1 heterocycles. The van der Waals surface area contributed by atoms with Gasteiger partial charge in [-0.3, -0.25) is 0 Å². The van der Waals surface area contributed by atoms with Crippen molar-refractivity contribution in [1.29, 1.82) is 0 Å². The minimum absolute atomic E-state index is 0.207. The van der Waals surface area contributed by atoms with E-state index in [2.05, 4.69) is 15.3 Å². The molecule has 0 saturated heterocycles. The van der Waals surface area contributed by atoms with Crippen LogP contribution < -0.4 is 11.1 Å². The maximum Gasteiger partial charge on any atom is 0.186 e. The smallest absolute Gasteiger partial charge is 0.186 e. The Morgan fingerprint density at radius 1 is 1.47 bits per heavy atom. The van der Waals surface area contributed by atoms with Gasteiger partial charge in [-0.2, -0.15) is 0 Å². The third kappa shape index (κ3) is 3.77. The first kappa shape index (κ1) is 11.8. The molecule has 0 aromatic carbocycles. The summed E-state index contributed by atoms with van der Waals surface area (Å²) in [4.78, 5) is 7.50. The molecule has 0 aliphatic carbocycles. The van der Waals surface area contributed by atoms with E-state index < -0.39 is 5.82 Å². The lowest BCUT2D eigenvalue weighted by atomic mass is 10.4. The first-order valence-corrected chi connectivity index (χ1v) is 4.74. The number of rotatable bonds is 6. The number of halogens is 1. The minimum Gasteiger partial charge on any atom is -0.378 e. The molecule has 1 aromatic heterocycles. The van der Waals surface area contributed by atoms with Crippen LogP contribution in [0.2, 0.25) is 0 Å². The number of nitrogens with two attached hydrogens (primary N) is 1. The van der Waals surface area contributed by atoms with Crippen LogP contribution in [0.4, 0.5) is 10.2 Å². The quantitative estimate of drug-likeness (QED) is 0.667. The zero-order valence-corrected chi connectivity index (χ0v) is 8.66. The van der Waals surface area contributed by atoms with Crippen molar-refractivity contribution >= 4 is 5.82 Å². The molecule has 0 atom stereocenters. The average Bonchev–Trinajstić information content (AvgIpc) is 2.24. The molecule has 3 N–H and O–H groups in total. The van der Waals surface area contributed by atoms with Crippen molar-refractivity contribution < 1.29 is 9.13 Å². The highest BCUT2D eigenvalue weighted by molar-refractivity contribution is 5.36. The van der Waals surface area contributed by atoms with Gasteiger partial charge in [0.1, 0.15) is 6.33 Å².